The lowest BCUT2D eigenvalue weighted by molar-refractivity contribution is -0.145. The number of carbonyl (C=O) groups is 1. The SMILES string of the molecule is C#CC(COP(=O)(N[C@@H](C)C(=O)OCCCCCCCCCCCCC)Oc1ccccc1)[C@@H](O)C[C@@H](O)n1cnc2c(N)nc(F)nc21. The summed E-state index contributed by atoms with van der Waals surface area (Å²) in [6.45, 7) is 3.45. The first-order valence-electron chi connectivity index (χ1n) is 17.0. The van der Waals surface area contributed by atoms with E-state index in [0.717, 1.165) is 30.3 Å². The van der Waals surface area contributed by atoms with E-state index in [0.29, 0.717) is 0 Å². The van der Waals surface area contributed by atoms with Gasteiger partial charge in [0.15, 0.2) is 17.0 Å². The highest BCUT2D eigenvalue weighted by Crippen LogP contribution is 2.45. The number of nitrogens with two attached hydrogens (primary N) is 1. The van der Waals surface area contributed by atoms with Gasteiger partial charge in [-0.15, -0.1) is 6.42 Å². The number of ether oxygens (including phenoxy) is 1. The average molecular weight is 705 g/mol. The molecule has 0 radical (unpaired) electrons. The van der Waals surface area contributed by atoms with Crippen LogP contribution >= 0.6 is 7.75 Å². The van der Waals surface area contributed by atoms with Gasteiger partial charge >= 0.3 is 19.8 Å². The highest BCUT2D eigenvalue weighted by molar-refractivity contribution is 7.52. The molecule has 0 bridgehead atoms. The van der Waals surface area contributed by atoms with Crippen LogP contribution in [0, 0.1) is 24.3 Å². The summed E-state index contributed by atoms with van der Waals surface area (Å²) in [5.41, 5.74) is 5.68. The number of aromatic nitrogens is 4. The molecule has 1 aromatic carbocycles. The molecule has 49 heavy (non-hydrogen) atoms. The van der Waals surface area contributed by atoms with Crippen LogP contribution in [-0.4, -0.2) is 61.1 Å². The fourth-order valence-electron chi connectivity index (χ4n) is 5.14. The standard InChI is InChI=1S/C34H50FN6O7P/c1-4-6-7-8-9-10-11-12-13-14-18-21-46-33(44)25(3)40-49(45,48-27-19-16-15-17-20-27)47-23-26(5-2)28(42)22-29(43)41-24-37-30-31(36)38-34(35)39-32(30)41/h2,15-17,19-20,24-26,28-29,42-43H,4,6-14,18,21-23H2,1,3H3,(H,40,45)(H2,36,38,39)/t25-,26?,28-,29+,49?/m0/s1. The van der Waals surface area contributed by atoms with Gasteiger partial charge in [-0.2, -0.15) is 19.4 Å². The van der Waals surface area contributed by atoms with Gasteiger partial charge in [0.05, 0.1) is 31.6 Å². The predicted octanol–water partition coefficient (Wildman–Crippen LogP) is 6.07. The fraction of sp³-hybridized carbons (Fsp3) is 0.588. The van der Waals surface area contributed by atoms with Gasteiger partial charge in [-0.1, -0.05) is 95.3 Å². The first kappa shape index (κ1) is 39.8. The molecule has 0 saturated carbocycles. The van der Waals surface area contributed by atoms with Crippen LogP contribution in [0.1, 0.15) is 97.1 Å². The molecule has 3 rings (SSSR count). The Labute approximate surface area is 287 Å². The van der Waals surface area contributed by atoms with Gasteiger partial charge in [-0.3, -0.25) is 13.9 Å². The maximum absolute atomic E-state index is 13.9. The minimum atomic E-state index is -4.26. The molecule has 270 valence electrons. The number of nitrogens with zero attached hydrogens (tertiary/aromatic N) is 4. The smallest absolute Gasteiger partial charge is 0.459 e. The third kappa shape index (κ3) is 13.3. The van der Waals surface area contributed by atoms with Gasteiger partial charge in [0.2, 0.25) is 0 Å². The highest BCUT2D eigenvalue weighted by Gasteiger charge is 2.34. The molecule has 0 aliphatic carbocycles. The molecule has 13 nitrogen and oxygen atoms in total. The van der Waals surface area contributed by atoms with Crippen molar-refractivity contribution in [2.45, 2.75) is 109 Å². The van der Waals surface area contributed by atoms with Crippen molar-refractivity contribution in [3.63, 3.8) is 0 Å². The minimum Gasteiger partial charge on any atom is -0.465 e. The Morgan fingerprint density at radius 1 is 1.06 bits per heavy atom. The molecule has 3 aromatic rings. The Balaban J connectivity index is 1.51. The quantitative estimate of drug-likeness (QED) is 0.0278. The molecule has 2 heterocycles. The summed E-state index contributed by atoms with van der Waals surface area (Å²) in [4.78, 5) is 23.8. The Kier molecular flexibility index (Phi) is 16.9. The third-order valence-electron chi connectivity index (χ3n) is 7.96. The molecular formula is C34H50FN6O7P. The number of carbonyl (C=O) groups excluding carboxylic acids is 1. The van der Waals surface area contributed by atoms with Crippen LogP contribution in [0.4, 0.5) is 10.2 Å². The van der Waals surface area contributed by atoms with Gasteiger partial charge in [-0.25, -0.2) is 9.55 Å². The maximum Gasteiger partial charge on any atom is 0.459 e. The minimum absolute atomic E-state index is 0.0725. The van der Waals surface area contributed by atoms with E-state index in [1.807, 2.05) is 0 Å². The normalized spacial score (nSPS) is 15.2. The molecule has 0 fully saturated rings. The molecule has 2 unspecified atom stereocenters. The number of para-hydroxylation sites is 1. The van der Waals surface area contributed by atoms with E-state index in [-0.39, 0.29) is 35.8 Å². The van der Waals surface area contributed by atoms with Gasteiger partial charge in [0.1, 0.15) is 18.0 Å². The zero-order valence-corrected chi connectivity index (χ0v) is 29.3. The Bertz CT molecular complexity index is 1520. The molecule has 0 aliphatic rings. The molecule has 2 aromatic heterocycles. The van der Waals surface area contributed by atoms with Crippen LogP contribution in [0.3, 0.4) is 0 Å². The summed E-state index contributed by atoms with van der Waals surface area (Å²) in [6.07, 6.45) is 15.4. The molecule has 0 saturated heterocycles. The summed E-state index contributed by atoms with van der Waals surface area (Å²) in [5.74, 6) is 0.654. The predicted molar refractivity (Wildman–Crippen MR) is 185 cm³/mol. The first-order chi connectivity index (χ1) is 23.6. The lowest BCUT2D eigenvalue weighted by Gasteiger charge is -2.26. The van der Waals surface area contributed by atoms with E-state index >= 15 is 0 Å². The van der Waals surface area contributed by atoms with Crippen LogP contribution in [-0.2, 0) is 18.6 Å². The van der Waals surface area contributed by atoms with Crippen LogP contribution in [0.5, 0.6) is 5.75 Å². The van der Waals surface area contributed by atoms with E-state index in [4.69, 9.17) is 25.9 Å². The van der Waals surface area contributed by atoms with E-state index in [9.17, 15) is 24.0 Å². The average Bonchev–Trinajstić information content (AvgIpc) is 3.50. The fourth-order valence-corrected chi connectivity index (χ4v) is 6.65. The second-order valence-corrected chi connectivity index (χ2v) is 13.7. The lowest BCUT2D eigenvalue weighted by atomic mass is 10.0. The zero-order valence-electron chi connectivity index (χ0n) is 28.4. The number of imidazole rings is 1. The third-order valence-corrected chi connectivity index (χ3v) is 9.61. The molecule has 5 atom stereocenters. The first-order valence-corrected chi connectivity index (χ1v) is 18.5. The number of hydrogen-bond acceptors (Lipinski definition) is 11. The van der Waals surface area contributed by atoms with Crippen LogP contribution in [0.25, 0.3) is 11.2 Å². The van der Waals surface area contributed by atoms with E-state index in [1.54, 1.807) is 30.3 Å². The van der Waals surface area contributed by atoms with Crippen molar-refractivity contribution in [1.29, 1.82) is 0 Å². The lowest BCUT2D eigenvalue weighted by Crippen LogP contribution is -2.36. The second kappa shape index (κ2) is 20.8. The van der Waals surface area contributed by atoms with Crippen molar-refractivity contribution in [2.75, 3.05) is 18.9 Å². The summed E-state index contributed by atoms with van der Waals surface area (Å²) in [5, 5.41) is 24.3. The number of benzene rings is 1. The summed E-state index contributed by atoms with van der Waals surface area (Å²) in [6, 6.07) is 7.14. The molecule has 15 heteroatoms. The molecule has 0 aliphatic heterocycles. The number of anilines is 1. The van der Waals surface area contributed by atoms with Crippen molar-refractivity contribution in [3.8, 4) is 18.1 Å². The van der Waals surface area contributed by atoms with Crippen molar-refractivity contribution >= 4 is 30.7 Å². The van der Waals surface area contributed by atoms with Crippen molar-refractivity contribution in [3.05, 3.63) is 42.7 Å². The Morgan fingerprint density at radius 3 is 2.33 bits per heavy atom. The molecule has 0 amide bonds. The molecule has 5 N–H and O–H groups in total. The Morgan fingerprint density at radius 2 is 1.69 bits per heavy atom. The number of esters is 1. The largest absolute Gasteiger partial charge is 0.465 e. The summed E-state index contributed by atoms with van der Waals surface area (Å²) >= 11 is 0. The zero-order chi connectivity index (χ0) is 35.6. The number of aliphatic hydroxyl groups is 2. The number of halogens is 1. The van der Waals surface area contributed by atoms with Gasteiger partial charge in [-0.05, 0) is 25.5 Å². The number of hydrogen-bond donors (Lipinski definition) is 4. The Hall–Kier alpha value is -3.60. The number of aliphatic hydroxyl groups excluding tert-OH is 2. The number of nitrogen functional groups attached to an aromatic ring is 1. The topological polar surface area (TPSA) is 184 Å². The van der Waals surface area contributed by atoms with Gasteiger partial charge in [0.25, 0.3) is 0 Å². The highest BCUT2D eigenvalue weighted by atomic mass is 31.2. The number of unbranched alkanes of at least 4 members (excludes halogenated alkanes) is 10. The van der Waals surface area contributed by atoms with Crippen molar-refractivity contribution < 1.29 is 37.7 Å². The second-order valence-electron chi connectivity index (χ2n) is 12.0. The summed E-state index contributed by atoms with van der Waals surface area (Å²) in [7, 11) is -4.26. The van der Waals surface area contributed by atoms with E-state index in [1.165, 1.54) is 58.2 Å². The van der Waals surface area contributed by atoms with Crippen LogP contribution in [0.2, 0.25) is 0 Å². The van der Waals surface area contributed by atoms with Crippen LogP contribution < -0.4 is 15.3 Å². The monoisotopic (exact) mass is 704 g/mol. The number of nitrogens with one attached hydrogen (secondary N) is 1. The maximum atomic E-state index is 13.9. The van der Waals surface area contributed by atoms with Crippen molar-refractivity contribution in [2.24, 2.45) is 5.92 Å². The molecular weight excluding hydrogens is 654 g/mol. The summed E-state index contributed by atoms with van der Waals surface area (Å²) < 4.78 is 45.5. The van der Waals surface area contributed by atoms with Gasteiger partial charge < -0.3 is 25.2 Å². The number of fused-ring (bicyclic) bond motifs is 1. The number of terminal acetylenes is 1. The van der Waals surface area contributed by atoms with Crippen LogP contribution in [0.15, 0.2) is 36.7 Å². The molecule has 0 spiro atoms. The number of rotatable bonds is 24. The van der Waals surface area contributed by atoms with Gasteiger partial charge in [0, 0.05) is 6.42 Å². The van der Waals surface area contributed by atoms with E-state index < -0.39 is 50.7 Å². The van der Waals surface area contributed by atoms with E-state index in [2.05, 4.69) is 32.9 Å². The van der Waals surface area contributed by atoms with Crippen molar-refractivity contribution in [1.82, 2.24) is 24.6 Å².